The van der Waals surface area contributed by atoms with Crippen LogP contribution < -0.4 is 5.32 Å². The highest BCUT2D eigenvalue weighted by Crippen LogP contribution is 2.26. The Morgan fingerprint density at radius 3 is 3.12 bits per heavy atom. The molecular formula is C12H15FN2OS. The van der Waals surface area contributed by atoms with Gasteiger partial charge in [-0.05, 0) is 32.0 Å². The van der Waals surface area contributed by atoms with Crippen molar-refractivity contribution in [3.05, 3.63) is 24.0 Å². The molecule has 2 aromatic rings. The Morgan fingerprint density at radius 1 is 1.53 bits per heavy atom. The van der Waals surface area contributed by atoms with E-state index in [1.807, 2.05) is 13.8 Å². The van der Waals surface area contributed by atoms with E-state index in [4.69, 9.17) is 4.74 Å². The predicted molar refractivity (Wildman–Crippen MR) is 69.2 cm³/mol. The molecule has 2 rings (SSSR count). The Labute approximate surface area is 104 Å². The number of halogens is 1. The van der Waals surface area contributed by atoms with Gasteiger partial charge in [-0.2, -0.15) is 0 Å². The van der Waals surface area contributed by atoms with Gasteiger partial charge in [0.1, 0.15) is 5.82 Å². The zero-order chi connectivity index (χ0) is 12.3. The fourth-order valence-electron chi connectivity index (χ4n) is 1.51. The highest BCUT2D eigenvalue weighted by Gasteiger charge is 2.07. The third-order valence-electron chi connectivity index (χ3n) is 2.29. The highest BCUT2D eigenvalue weighted by atomic mass is 32.1. The molecule has 5 heteroatoms. The summed E-state index contributed by atoms with van der Waals surface area (Å²) in [6.45, 7) is 5.34. The van der Waals surface area contributed by atoms with Crippen LogP contribution in [0, 0.1) is 5.82 Å². The lowest BCUT2D eigenvalue weighted by Gasteiger charge is -2.11. The van der Waals surface area contributed by atoms with E-state index >= 15 is 0 Å². The summed E-state index contributed by atoms with van der Waals surface area (Å²) in [4.78, 5) is 4.39. The first-order valence-electron chi connectivity index (χ1n) is 5.59. The van der Waals surface area contributed by atoms with E-state index in [-0.39, 0.29) is 11.9 Å². The molecule has 3 nitrogen and oxygen atoms in total. The zero-order valence-corrected chi connectivity index (χ0v) is 10.7. The molecule has 0 saturated heterocycles. The van der Waals surface area contributed by atoms with E-state index in [0.29, 0.717) is 13.2 Å². The second kappa shape index (κ2) is 5.42. The molecule has 0 aliphatic heterocycles. The zero-order valence-electron chi connectivity index (χ0n) is 9.87. The van der Waals surface area contributed by atoms with Gasteiger partial charge in [-0.15, -0.1) is 0 Å². The summed E-state index contributed by atoms with van der Waals surface area (Å²) < 4.78 is 19.2. The van der Waals surface area contributed by atoms with E-state index in [0.717, 1.165) is 15.3 Å². The maximum absolute atomic E-state index is 13.0. The number of hydrogen-bond donors (Lipinski definition) is 1. The Balaban J connectivity index is 2.08. The van der Waals surface area contributed by atoms with E-state index in [2.05, 4.69) is 10.3 Å². The molecule has 0 fully saturated rings. The number of ether oxygens (including phenoxy) is 1. The number of nitrogens with zero attached hydrogens (tertiary/aromatic N) is 1. The number of fused-ring (bicyclic) bond motifs is 1. The van der Waals surface area contributed by atoms with Crippen LogP contribution in [0.5, 0.6) is 0 Å². The molecular weight excluding hydrogens is 239 g/mol. The third-order valence-corrected chi connectivity index (χ3v) is 3.24. The molecule has 0 aliphatic carbocycles. The molecule has 1 atom stereocenters. The monoisotopic (exact) mass is 254 g/mol. The lowest BCUT2D eigenvalue weighted by atomic mass is 10.3. The number of anilines is 1. The Kier molecular flexibility index (Phi) is 3.91. The first-order chi connectivity index (χ1) is 8.19. The van der Waals surface area contributed by atoms with E-state index < -0.39 is 0 Å². The number of aromatic nitrogens is 1. The van der Waals surface area contributed by atoms with Crippen molar-refractivity contribution in [1.29, 1.82) is 0 Å². The molecule has 1 heterocycles. The van der Waals surface area contributed by atoms with Gasteiger partial charge in [-0.3, -0.25) is 0 Å². The fraction of sp³-hybridized carbons (Fsp3) is 0.417. The van der Waals surface area contributed by atoms with Crippen LogP contribution >= 0.6 is 11.3 Å². The maximum atomic E-state index is 13.0. The molecule has 0 amide bonds. The van der Waals surface area contributed by atoms with Crippen molar-refractivity contribution in [2.75, 3.05) is 18.5 Å². The van der Waals surface area contributed by atoms with E-state index in [9.17, 15) is 4.39 Å². The van der Waals surface area contributed by atoms with Gasteiger partial charge in [0.25, 0.3) is 0 Å². The number of rotatable bonds is 5. The van der Waals surface area contributed by atoms with Crippen LogP contribution in [0.25, 0.3) is 10.2 Å². The molecule has 0 aliphatic rings. The van der Waals surface area contributed by atoms with Gasteiger partial charge < -0.3 is 10.1 Å². The van der Waals surface area contributed by atoms with Crippen molar-refractivity contribution in [3.8, 4) is 0 Å². The maximum Gasteiger partial charge on any atom is 0.184 e. The quantitative estimate of drug-likeness (QED) is 0.889. The van der Waals surface area contributed by atoms with Crippen LogP contribution in [0.15, 0.2) is 18.2 Å². The van der Waals surface area contributed by atoms with Gasteiger partial charge in [0.05, 0.1) is 16.8 Å². The minimum Gasteiger partial charge on any atom is -0.380 e. The third kappa shape index (κ3) is 3.14. The van der Waals surface area contributed by atoms with Crippen LogP contribution in [0.2, 0.25) is 0 Å². The normalized spacial score (nSPS) is 12.9. The summed E-state index contributed by atoms with van der Waals surface area (Å²) in [6.07, 6.45) is 0. The lowest BCUT2D eigenvalue weighted by Crippen LogP contribution is -2.21. The Bertz CT molecular complexity index is 500. The average molecular weight is 254 g/mol. The first kappa shape index (κ1) is 12.3. The summed E-state index contributed by atoms with van der Waals surface area (Å²) in [7, 11) is 0. The Morgan fingerprint density at radius 2 is 2.35 bits per heavy atom. The van der Waals surface area contributed by atoms with Gasteiger partial charge in [0.15, 0.2) is 5.13 Å². The second-order valence-electron chi connectivity index (χ2n) is 3.84. The number of hydrogen-bond acceptors (Lipinski definition) is 4. The predicted octanol–water partition coefficient (Wildman–Crippen LogP) is 3.27. The molecule has 92 valence electrons. The van der Waals surface area contributed by atoms with Crippen LogP contribution in [0.4, 0.5) is 9.52 Å². The standard InChI is InChI=1S/C12H15FN2OS/c1-3-16-7-8(2)14-12-15-10-5-4-9(13)6-11(10)17-12/h4-6,8H,3,7H2,1-2H3,(H,14,15). The Hall–Kier alpha value is -1.20. The van der Waals surface area contributed by atoms with Gasteiger partial charge in [0, 0.05) is 12.6 Å². The molecule has 1 aromatic heterocycles. The summed E-state index contributed by atoms with van der Waals surface area (Å²) in [5, 5.41) is 4.05. The van der Waals surface area contributed by atoms with Crippen molar-refractivity contribution in [2.45, 2.75) is 19.9 Å². The minimum atomic E-state index is -0.227. The molecule has 17 heavy (non-hydrogen) atoms. The topological polar surface area (TPSA) is 34.1 Å². The largest absolute Gasteiger partial charge is 0.380 e. The lowest BCUT2D eigenvalue weighted by molar-refractivity contribution is 0.141. The van der Waals surface area contributed by atoms with Gasteiger partial charge in [-0.1, -0.05) is 11.3 Å². The van der Waals surface area contributed by atoms with Gasteiger partial charge in [0.2, 0.25) is 0 Å². The summed E-state index contributed by atoms with van der Waals surface area (Å²) in [5.74, 6) is -0.227. The van der Waals surface area contributed by atoms with Gasteiger partial charge in [-0.25, -0.2) is 9.37 Å². The van der Waals surface area contributed by atoms with E-state index in [1.54, 1.807) is 6.07 Å². The van der Waals surface area contributed by atoms with Crippen LogP contribution in [-0.4, -0.2) is 24.2 Å². The fourth-order valence-corrected chi connectivity index (χ4v) is 2.51. The van der Waals surface area contributed by atoms with E-state index in [1.165, 1.54) is 23.5 Å². The highest BCUT2D eigenvalue weighted by molar-refractivity contribution is 7.22. The second-order valence-corrected chi connectivity index (χ2v) is 4.87. The molecule has 0 saturated carbocycles. The van der Waals surface area contributed by atoms with Gasteiger partial charge >= 0.3 is 0 Å². The van der Waals surface area contributed by atoms with Crippen LogP contribution in [-0.2, 0) is 4.74 Å². The van der Waals surface area contributed by atoms with Crippen molar-refractivity contribution in [2.24, 2.45) is 0 Å². The first-order valence-corrected chi connectivity index (χ1v) is 6.41. The average Bonchev–Trinajstić information content (AvgIpc) is 2.67. The minimum absolute atomic E-state index is 0.195. The molecule has 1 aromatic carbocycles. The SMILES string of the molecule is CCOCC(C)Nc1nc2ccc(F)cc2s1. The van der Waals surface area contributed by atoms with Crippen LogP contribution in [0.1, 0.15) is 13.8 Å². The molecule has 0 radical (unpaired) electrons. The number of nitrogens with one attached hydrogen (secondary N) is 1. The van der Waals surface area contributed by atoms with Crippen molar-refractivity contribution < 1.29 is 9.13 Å². The molecule has 1 unspecified atom stereocenters. The van der Waals surface area contributed by atoms with Crippen LogP contribution in [0.3, 0.4) is 0 Å². The summed E-state index contributed by atoms with van der Waals surface area (Å²) >= 11 is 1.46. The van der Waals surface area contributed by atoms with Crippen molar-refractivity contribution >= 4 is 26.7 Å². The molecule has 0 bridgehead atoms. The summed E-state index contributed by atoms with van der Waals surface area (Å²) in [6, 6.07) is 4.82. The number of benzene rings is 1. The van der Waals surface area contributed by atoms with Crippen molar-refractivity contribution in [3.63, 3.8) is 0 Å². The summed E-state index contributed by atoms with van der Waals surface area (Å²) in [5.41, 5.74) is 0.822. The molecule has 1 N–H and O–H groups in total. The number of thiazole rings is 1. The molecule has 0 spiro atoms. The van der Waals surface area contributed by atoms with Crippen molar-refractivity contribution in [1.82, 2.24) is 4.98 Å². The smallest absolute Gasteiger partial charge is 0.184 e.